The Morgan fingerprint density at radius 1 is 1.20 bits per heavy atom. The summed E-state index contributed by atoms with van der Waals surface area (Å²) in [6.07, 6.45) is 5.01. The molecule has 0 amide bonds. The topological polar surface area (TPSA) is 51.6 Å². The van der Waals surface area contributed by atoms with Gasteiger partial charge >= 0.3 is 0 Å². The molecule has 2 rings (SSSR count). The molecule has 0 aromatic carbocycles. The van der Waals surface area contributed by atoms with E-state index in [0.717, 1.165) is 10.9 Å². The van der Waals surface area contributed by atoms with E-state index in [2.05, 4.69) is 20.4 Å². The highest BCUT2D eigenvalue weighted by atomic mass is 15.3. The van der Waals surface area contributed by atoms with Gasteiger partial charge in [-0.15, -0.1) is 10.2 Å². The van der Waals surface area contributed by atoms with Crippen LogP contribution in [0.4, 0.5) is 0 Å². The number of hydrogen-bond acceptors (Lipinski definition) is 4. The zero-order valence-corrected chi connectivity index (χ0v) is 5.10. The quantitative estimate of drug-likeness (QED) is 0.521. The van der Waals surface area contributed by atoms with Gasteiger partial charge in [0.25, 0.3) is 0 Å². The van der Waals surface area contributed by atoms with E-state index in [-0.39, 0.29) is 0 Å². The van der Waals surface area contributed by atoms with Gasteiger partial charge in [-0.3, -0.25) is 4.98 Å². The highest BCUT2D eigenvalue weighted by Crippen LogP contribution is 2.03. The summed E-state index contributed by atoms with van der Waals surface area (Å²) in [6, 6.07) is 1.84. The summed E-state index contributed by atoms with van der Waals surface area (Å²) in [5.41, 5.74) is 0.775. The van der Waals surface area contributed by atoms with Gasteiger partial charge < -0.3 is 0 Å². The molecule has 0 radical (unpaired) electrons. The van der Waals surface area contributed by atoms with E-state index in [1.54, 1.807) is 18.6 Å². The van der Waals surface area contributed by atoms with Crippen molar-refractivity contribution in [3.63, 3.8) is 0 Å². The second kappa shape index (κ2) is 1.98. The number of pyridine rings is 1. The molecule has 0 saturated heterocycles. The zero-order chi connectivity index (χ0) is 6.81. The van der Waals surface area contributed by atoms with Crippen molar-refractivity contribution in [1.29, 1.82) is 0 Å². The smallest absolute Gasteiger partial charge is 0.115 e. The van der Waals surface area contributed by atoms with Gasteiger partial charge in [0.1, 0.15) is 5.52 Å². The zero-order valence-electron chi connectivity index (χ0n) is 5.10. The van der Waals surface area contributed by atoms with Crippen LogP contribution in [-0.2, 0) is 0 Å². The van der Waals surface area contributed by atoms with Crippen LogP contribution in [0.1, 0.15) is 0 Å². The van der Waals surface area contributed by atoms with Crippen molar-refractivity contribution in [3.8, 4) is 0 Å². The Labute approximate surface area is 56.9 Å². The van der Waals surface area contributed by atoms with Gasteiger partial charge in [0.2, 0.25) is 0 Å². The Balaban J connectivity index is 2.89. The summed E-state index contributed by atoms with van der Waals surface area (Å²) in [6.45, 7) is 0. The van der Waals surface area contributed by atoms with Crippen LogP contribution in [-0.4, -0.2) is 20.4 Å². The lowest BCUT2D eigenvalue weighted by Gasteiger charge is -1.88. The van der Waals surface area contributed by atoms with Gasteiger partial charge in [-0.1, -0.05) is 0 Å². The third-order valence-corrected chi connectivity index (χ3v) is 1.23. The molecule has 4 nitrogen and oxygen atoms in total. The summed E-state index contributed by atoms with van der Waals surface area (Å²) in [4.78, 5) is 3.88. The molecule has 2 heterocycles. The van der Waals surface area contributed by atoms with E-state index < -0.39 is 0 Å². The van der Waals surface area contributed by atoms with Crippen molar-refractivity contribution >= 4 is 10.9 Å². The van der Waals surface area contributed by atoms with E-state index in [9.17, 15) is 0 Å². The summed E-state index contributed by atoms with van der Waals surface area (Å²) >= 11 is 0. The first-order chi connectivity index (χ1) is 4.97. The fourth-order valence-electron chi connectivity index (χ4n) is 0.752. The first kappa shape index (κ1) is 5.22. The molecule has 0 aliphatic heterocycles. The molecule has 0 aliphatic rings. The minimum Gasteiger partial charge on any atom is -0.262 e. The summed E-state index contributed by atoms with van der Waals surface area (Å²) in [5.74, 6) is 0. The van der Waals surface area contributed by atoms with E-state index in [4.69, 9.17) is 0 Å². The van der Waals surface area contributed by atoms with Crippen molar-refractivity contribution in [1.82, 2.24) is 20.4 Å². The van der Waals surface area contributed by atoms with Crippen molar-refractivity contribution in [2.24, 2.45) is 0 Å². The molecule has 0 spiro atoms. The number of aromatic nitrogens is 4. The summed E-state index contributed by atoms with van der Waals surface area (Å²) in [7, 11) is 0. The van der Waals surface area contributed by atoms with Crippen LogP contribution < -0.4 is 0 Å². The van der Waals surface area contributed by atoms with Crippen LogP contribution in [0.5, 0.6) is 0 Å². The number of fused-ring (bicyclic) bond motifs is 1. The molecule has 48 valence electrons. The normalized spacial score (nSPS) is 10.0. The molecular weight excluding hydrogens is 128 g/mol. The Morgan fingerprint density at radius 2 is 2.20 bits per heavy atom. The number of rotatable bonds is 0. The van der Waals surface area contributed by atoms with Crippen LogP contribution >= 0.6 is 0 Å². The lowest BCUT2D eigenvalue weighted by atomic mass is 10.3. The van der Waals surface area contributed by atoms with E-state index in [0.29, 0.717) is 0 Å². The average molecular weight is 132 g/mol. The first-order valence-corrected chi connectivity index (χ1v) is 2.85. The molecule has 0 fully saturated rings. The Kier molecular flexibility index (Phi) is 1.04. The maximum Gasteiger partial charge on any atom is 0.115 e. The molecule has 0 N–H and O–H groups in total. The van der Waals surface area contributed by atoms with E-state index in [1.807, 2.05) is 6.07 Å². The van der Waals surface area contributed by atoms with Crippen LogP contribution in [0.3, 0.4) is 0 Å². The van der Waals surface area contributed by atoms with E-state index >= 15 is 0 Å². The van der Waals surface area contributed by atoms with Crippen molar-refractivity contribution in [2.75, 3.05) is 0 Å². The maximum atomic E-state index is 3.88. The van der Waals surface area contributed by atoms with Gasteiger partial charge in [-0.05, 0) is 11.3 Å². The molecule has 0 atom stereocenters. The van der Waals surface area contributed by atoms with Crippen molar-refractivity contribution in [3.05, 3.63) is 24.7 Å². The molecule has 0 unspecified atom stereocenters. The number of nitrogens with zero attached hydrogens (tertiary/aromatic N) is 4. The second-order valence-electron chi connectivity index (χ2n) is 1.87. The third-order valence-electron chi connectivity index (χ3n) is 1.23. The molecule has 2 aromatic heterocycles. The van der Waals surface area contributed by atoms with Gasteiger partial charge in [0.15, 0.2) is 0 Å². The predicted molar refractivity (Wildman–Crippen MR) is 35.1 cm³/mol. The van der Waals surface area contributed by atoms with Crippen LogP contribution in [0.25, 0.3) is 10.9 Å². The van der Waals surface area contributed by atoms with Gasteiger partial charge in [-0.2, -0.15) is 0 Å². The molecule has 2 aromatic rings. The monoisotopic (exact) mass is 132 g/mol. The molecule has 0 bridgehead atoms. The first-order valence-electron chi connectivity index (χ1n) is 2.85. The maximum absolute atomic E-state index is 3.88. The van der Waals surface area contributed by atoms with Gasteiger partial charge in [0, 0.05) is 11.6 Å². The molecule has 10 heavy (non-hydrogen) atoms. The highest BCUT2D eigenvalue weighted by molar-refractivity contribution is 5.75. The SMILES string of the molecule is c1cc2cnnnc2cn1. The Morgan fingerprint density at radius 3 is 3.10 bits per heavy atom. The van der Waals surface area contributed by atoms with Crippen molar-refractivity contribution < 1.29 is 0 Å². The summed E-state index contributed by atoms with van der Waals surface area (Å²) in [5, 5.41) is 11.8. The van der Waals surface area contributed by atoms with Crippen LogP contribution in [0.2, 0.25) is 0 Å². The fraction of sp³-hybridized carbons (Fsp3) is 0. The Hall–Kier alpha value is -1.58. The molecule has 4 heteroatoms. The highest BCUT2D eigenvalue weighted by Gasteiger charge is 1.90. The fourth-order valence-corrected chi connectivity index (χ4v) is 0.752. The standard InChI is InChI=1S/C6H4N4/c1-2-7-4-6-5(1)3-8-10-9-6/h1-4H. The molecule has 0 aliphatic carbocycles. The van der Waals surface area contributed by atoms with Gasteiger partial charge in [-0.25, -0.2) is 0 Å². The average Bonchev–Trinajstić information content (AvgIpc) is 2.05. The largest absolute Gasteiger partial charge is 0.262 e. The summed E-state index contributed by atoms with van der Waals surface area (Å²) < 4.78 is 0. The van der Waals surface area contributed by atoms with E-state index in [1.165, 1.54) is 0 Å². The molecular formula is C6H4N4. The van der Waals surface area contributed by atoms with Crippen molar-refractivity contribution in [2.45, 2.75) is 0 Å². The lowest BCUT2D eigenvalue weighted by molar-refractivity contribution is 0.893. The minimum atomic E-state index is 0.775. The van der Waals surface area contributed by atoms with Crippen LogP contribution in [0.15, 0.2) is 24.7 Å². The minimum absolute atomic E-state index is 0.775. The Bertz CT molecular complexity index is 281. The third kappa shape index (κ3) is 0.699. The predicted octanol–water partition coefficient (Wildman–Crippen LogP) is 0.420. The van der Waals surface area contributed by atoms with Gasteiger partial charge in [0.05, 0.1) is 12.4 Å². The second-order valence-corrected chi connectivity index (χ2v) is 1.87. The van der Waals surface area contributed by atoms with Crippen LogP contribution in [0, 0.1) is 0 Å². The lowest BCUT2D eigenvalue weighted by Crippen LogP contribution is -1.86. The molecule has 0 saturated carbocycles. The number of hydrogen-bond donors (Lipinski definition) is 0.